The van der Waals surface area contributed by atoms with Crippen LogP contribution in [0.2, 0.25) is 5.02 Å². The number of hydrogen-bond acceptors (Lipinski definition) is 4. The van der Waals surface area contributed by atoms with E-state index in [1.165, 1.54) is 7.11 Å². The van der Waals surface area contributed by atoms with Crippen molar-refractivity contribution in [1.29, 1.82) is 0 Å². The number of unbranched alkanes of at least 4 members (excludes halogenated alkanes) is 2. The van der Waals surface area contributed by atoms with Crippen LogP contribution in [-0.4, -0.2) is 26.2 Å². The van der Waals surface area contributed by atoms with Gasteiger partial charge in [0.05, 0.1) is 19.3 Å². The summed E-state index contributed by atoms with van der Waals surface area (Å²) in [5.74, 6) is 0.427. The van der Waals surface area contributed by atoms with Crippen molar-refractivity contribution >= 4 is 23.3 Å². The molecule has 0 radical (unpaired) electrons. The van der Waals surface area contributed by atoms with Gasteiger partial charge in [0, 0.05) is 17.3 Å². The van der Waals surface area contributed by atoms with Crippen LogP contribution in [0, 0.1) is 0 Å². The molecular weight excluding hydrogens is 326 g/mol. The summed E-state index contributed by atoms with van der Waals surface area (Å²) < 4.78 is 10.3. The molecule has 0 heterocycles. The van der Waals surface area contributed by atoms with Gasteiger partial charge in [-0.2, -0.15) is 0 Å². The standard InChI is InChI=1S/C19H22ClNO3/c1-23-19(22)15-5-11-18(12-6-15)24-14-4-2-3-13-21-17-9-7-16(20)8-10-17/h5-12,21H,2-4,13-14H2,1H3. The van der Waals surface area contributed by atoms with Crippen LogP contribution in [0.5, 0.6) is 5.75 Å². The molecule has 128 valence electrons. The fourth-order valence-electron chi connectivity index (χ4n) is 2.20. The molecule has 0 atom stereocenters. The maximum Gasteiger partial charge on any atom is 0.337 e. The number of rotatable bonds is 9. The highest BCUT2D eigenvalue weighted by molar-refractivity contribution is 6.30. The van der Waals surface area contributed by atoms with Crippen molar-refractivity contribution < 1.29 is 14.3 Å². The van der Waals surface area contributed by atoms with Gasteiger partial charge in [-0.15, -0.1) is 0 Å². The van der Waals surface area contributed by atoms with E-state index < -0.39 is 0 Å². The van der Waals surface area contributed by atoms with Crippen LogP contribution in [0.3, 0.4) is 0 Å². The lowest BCUT2D eigenvalue weighted by molar-refractivity contribution is 0.0600. The molecule has 2 rings (SSSR count). The monoisotopic (exact) mass is 347 g/mol. The van der Waals surface area contributed by atoms with Crippen molar-refractivity contribution in [1.82, 2.24) is 0 Å². The van der Waals surface area contributed by atoms with E-state index in [0.717, 1.165) is 42.3 Å². The highest BCUT2D eigenvalue weighted by Gasteiger charge is 2.04. The number of carbonyl (C=O) groups is 1. The van der Waals surface area contributed by atoms with Crippen molar-refractivity contribution in [2.45, 2.75) is 19.3 Å². The molecule has 0 aliphatic rings. The second-order valence-electron chi connectivity index (χ2n) is 5.36. The summed E-state index contributed by atoms with van der Waals surface area (Å²) in [5, 5.41) is 4.11. The molecule has 0 fully saturated rings. The molecule has 0 amide bonds. The number of halogens is 1. The van der Waals surface area contributed by atoms with E-state index in [4.69, 9.17) is 16.3 Å². The van der Waals surface area contributed by atoms with Gasteiger partial charge in [0.1, 0.15) is 5.75 Å². The number of ether oxygens (including phenoxy) is 2. The zero-order chi connectivity index (χ0) is 17.2. The van der Waals surface area contributed by atoms with Gasteiger partial charge < -0.3 is 14.8 Å². The van der Waals surface area contributed by atoms with Crippen LogP contribution < -0.4 is 10.1 Å². The highest BCUT2D eigenvalue weighted by Crippen LogP contribution is 2.15. The van der Waals surface area contributed by atoms with Gasteiger partial charge in [0.15, 0.2) is 0 Å². The molecule has 2 aromatic carbocycles. The number of esters is 1. The predicted molar refractivity (Wildman–Crippen MR) is 97.1 cm³/mol. The first-order valence-corrected chi connectivity index (χ1v) is 8.37. The third-order valence-electron chi connectivity index (χ3n) is 3.54. The number of hydrogen-bond donors (Lipinski definition) is 1. The Morgan fingerprint density at radius 1 is 1.00 bits per heavy atom. The van der Waals surface area contributed by atoms with Crippen molar-refractivity contribution in [3.8, 4) is 5.75 Å². The lowest BCUT2D eigenvalue weighted by atomic mass is 10.2. The summed E-state index contributed by atoms with van der Waals surface area (Å²) in [4.78, 5) is 11.3. The van der Waals surface area contributed by atoms with Crippen molar-refractivity contribution in [2.75, 3.05) is 25.6 Å². The summed E-state index contributed by atoms with van der Waals surface area (Å²) >= 11 is 5.85. The van der Waals surface area contributed by atoms with Crippen LogP contribution in [0.25, 0.3) is 0 Å². The normalized spacial score (nSPS) is 10.2. The Labute approximate surface area is 147 Å². The molecule has 1 N–H and O–H groups in total. The Morgan fingerprint density at radius 2 is 1.71 bits per heavy atom. The molecule has 0 aliphatic heterocycles. The summed E-state index contributed by atoms with van der Waals surface area (Å²) in [5.41, 5.74) is 1.61. The van der Waals surface area contributed by atoms with Gasteiger partial charge >= 0.3 is 5.97 Å². The Balaban J connectivity index is 1.56. The predicted octanol–water partition coefficient (Wildman–Crippen LogP) is 4.79. The Bertz CT molecular complexity index is 626. The first-order chi connectivity index (χ1) is 11.7. The van der Waals surface area contributed by atoms with Crippen LogP contribution in [-0.2, 0) is 4.74 Å². The van der Waals surface area contributed by atoms with E-state index in [9.17, 15) is 4.79 Å². The zero-order valence-electron chi connectivity index (χ0n) is 13.8. The minimum atomic E-state index is -0.338. The van der Waals surface area contributed by atoms with E-state index in [2.05, 4.69) is 10.1 Å². The third-order valence-corrected chi connectivity index (χ3v) is 3.79. The Kier molecular flexibility index (Phi) is 7.43. The molecule has 0 saturated heterocycles. The summed E-state index contributed by atoms with van der Waals surface area (Å²) in [6.07, 6.45) is 3.15. The molecule has 0 aliphatic carbocycles. The first kappa shape index (κ1) is 18.1. The van der Waals surface area contributed by atoms with Gasteiger partial charge in [-0.3, -0.25) is 0 Å². The number of carbonyl (C=O) groups excluding carboxylic acids is 1. The molecule has 24 heavy (non-hydrogen) atoms. The van der Waals surface area contributed by atoms with E-state index in [1.54, 1.807) is 24.3 Å². The number of anilines is 1. The zero-order valence-corrected chi connectivity index (χ0v) is 14.5. The lowest BCUT2D eigenvalue weighted by Gasteiger charge is -2.08. The molecular formula is C19H22ClNO3. The molecule has 4 nitrogen and oxygen atoms in total. The molecule has 0 aromatic heterocycles. The van der Waals surface area contributed by atoms with Crippen LogP contribution in [0.1, 0.15) is 29.6 Å². The number of nitrogens with one attached hydrogen (secondary N) is 1. The smallest absolute Gasteiger partial charge is 0.337 e. The van der Waals surface area contributed by atoms with Crippen LogP contribution >= 0.6 is 11.6 Å². The van der Waals surface area contributed by atoms with Gasteiger partial charge in [-0.25, -0.2) is 4.79 Å². The molecule has 0 unspecified atom stereocenters. The van der Waals surface area contributed by atoms with Crippen molar-refractivity contribution in [3.05, 3.63) is 59.1 Å². The maximum atomic E-state index is 11.3. The quantitative estimate of drug-likeness (QED) is 0.523. The van der Waals surface area contributed by atoms with E-state index in [-0.39, 0.29) is 5.97 Å². The van der Waals surface area contributed by atoms with Crippen LogP contribution in [0.15, 0.2) is 48.5 Å². The third kappa shape index (κ3) is 6.13. The van der Waals surface area contributed by atoms with Gasteiger partial charge in [0.25, 0.3) is 0 Å². The fourth-order valence-corrected chi connectivity index (χ4v) is 2.33. The summed E-state index contributed by atoms with van der Waals surface area (Å²) in [6, 6.07) is 14.7. The topological polar surface area (TPSA) is 47.6 Å². The number of methoxy groups -OCH3 is 1. The molecule has 0 bridgehead atoms. The van der Waals surface area contributed by atoms with E-state index >= 15 is 0 Å². The molecule has 0 spiro atoms. The second-order valence-corrected chi connectivity index (χ2v) is 5.80. The Morgan fingerprint density at radius 3 is 2.38 bits per heavy atom. The van der Waals surface area contributed by atoms with Crippen molar-refractivity contribution in [2.24, 2.45) is 0 Å². The molecule has 0 saturated carbocycles. The second kappa shape index (κ2) is 9.83. The Hall–Kier alpha value is -2.20. The number of benzene rings is 2. The van der Waals surface area contributed by atoms with Gasteiger partial charge in [-0.05, 0) is 67.8 Å². The lowest BCUT2D eigenvalue weighted by Crippen LogP contribution is -2.03. The van der Waals surface area contributed by atoms with Gasteiger partial charge in [-0.1, -0.05) is 11.6 Å². The van der Waals surface area contributed by atoms with Crippen LogP contribution in [0.4, 0.5) is 5.69 Å². The molecule has 2 aromatic rings. The van der Waals surface area contributed by atoms with Gasteiger partial charge in [0.2, 0.25) is 0 Å². The summed E-state index contributed by atoms with van der Waals surface area (Å²) in [7, 11) is 1.37. The highest BCUT2D eigenvalue weighted by atomic mass is 35.5. The van der Waals surface area contributed by atoms with Crippen molar-refractivity contribution in [3.63, 3.8) is 0 Å². The first-order valence-electron chi connectivity index (χ1n) is 7.99. The minimum Gasteiger partial charge on any atom is -0.494 e. The average Bonchev–Trinajstić information content (AvgIpc) is 2.62. The fraction of sp³-hybridized carbons (Fsp3) is 0.316. The minimum absolute atomic E-state index is 0.338. The largest absolute Gasteiger partial charge is 0.494 e. The SMILES string of the molecule is COC(=O)c1ccc(OCCCCCNc2ccc(Cl)cc2)cc1. The summed E-state index contributed by atoms with van der Waals surface area (Å²) in [6.45, 7) is 1.59. The molecule has 5 heteroatoms. The average molecular weight is 348 g/mol. The maximum absolute atomic E-state index is 11.3. The van der Waals surface area contributed by atoms with E-state index in [0.29, 0.717) is 12.2 Å². The van der Waals surface area contributed by atoms with E-state index in [1.807, 2.05) is 24.3 Å².